The van der Waals surface area contributed by atoms with Gasteiger partial charge in [-0.15, -0.1) is 11.6 Å². The van der Waals surface area contributed by atoms with Crippen LogP contribution < -0.4 is 5.32 Å². The fourth-order valence-electron chi connectivity index (χ4n) is 4.36. The van der Waals surface area contributed by atoms with E-state index in [1.165, 1.54) is 0 Å². The molecule has 3 aromatic rings. The molecule has 34 heavy (non-hydrogen) atoms. The molecular formula is C26H31ClN4O3. The number of anilines is 1. The number of para-hydroxylation sites is 1. The number of nitrogens with one attached hydrogen (secondary N) is 1. The molecule has 1 aliphatic rings. The summed E-state index contributed by atoms with van der Waals surface area (Å²) in [5.74, 6) is 0.539. The second-order valence-corrected chi connectivity index (χ2v) is 9.89. The summed E-state index contributed by atoms with van der Waals surface area (Å²) in [4.78, 5) is 32.4. The average molecular weight is 483 g/mol. The number of amides is 2. The lowest BCUT2D eigenvalue weighted by atomic mass is 10.1. The van der Waals surface area contributed by atoms with Gasteiger partial charge < -0.3 is 14.2 Å². The van der Waals surface area contributed by atoms with E-state index in [1.807, 2.05) is 57.2 Å². The lowest BCUT2D eigenvalue weighted by Gasteiger charge is -2.29. The number of benzene rings is 2. The highest BCUT2D eigenvalue weighted by Crippen LogP contribution is 2.33. The zero-order chi connectivity index (χ0) is 24.3. The lowest BCUT2D eigenvalue weighted by Crippen LogP contribution is -2.39. The van der Waals surface area contributed by atoms with Crippen LogP contribution in [0.3, 0.4) is 0 Å². The van der Waals surface area contributed by atoms with Crippen molar-refractivity contribution in [3.8, 4) is 0 Å². The first kappa shape index (κ1) is 24.1. The normalized spacial score (nSPS) is 16.8. The molecule has 1 N–H and O–H groups in total. The van der Waals surface area contributed by atoms with Gasteiger partial charge in [0.15, 0.2) is 0 Å². The van der Waals surface area contributed by atoms with Crippen molar-refractivity contribution in [2.24, 2.45) is 0 Å². The highest BCUT2D eigenvalue weighted by atomic mass is 35.5. The third-order valence-corrected chi connectivity index (χ3v) is 6.15. The standard InChI is InChI=1S/C26H31ClN4O3/c1-26(2,3)34-25(33)30-15-8-7-13-20(17-30)31-22-19(16-27)12-9-14-21(22)28-24(31)29-23(32)18-10-5-4-6-11-18/h4-6,9-12,14,20H,7-8,13,15-17H2,1-3H3,(H,28,29,32). The predicted octanol–water partition coefficient (Wildman–Crippen LogP) is 5.99. The molecule has 0 bridgehead atoms. The monoisotopic (exact) mass is 482 g/mol. The van der Waals surface area contributed by atoms with E-state index in [9.17, 15) is 9.59 Å². The number of ether oxygens (including phenoxy) is 1. The number of alkyl halides is 1. The van der Waals surface area contributed by atoms with Gasteiger partial charge in [0, 0.05) is 24.5 Å². The molecule has 0 spiro atoms. The van der Waals surface area contributed by atoms with Crippen LogP contribution in [-0.2, 0) is 10.6 Å². The van der Waals surface area contributed by atoms with E-state index in [1.54, 1.807) is 17.0 Å². The van der Waals surface area contributed by atoms with Gasteiger partial charge in [-0.05, 0) is 63.8 Å². The Bertz CT molecular complexity index is 1170. The van der Waals surface area contributed by atoms with E-state index in [2.05, 4.69) is 9.88 Å². The summed E-state index contributed by atoms with van der Waals surface area (Å²) >= 11 is 6.30. The third kappa shape index (κ3) is 5.36. The maximum Gasteiger partial charge on any atom is 0.410 e. The molecule has 2 aromatic carbocycles. The van der Waals surface area contributed by atoms with Gasteiger partial charge in [0.2, 0.25) is 5.95 Å². The Hall–Kier alpha value is -3.06. The summed E-state index contributed by atoms with van der Waals surface area (Å²) in [6, 6.07) is 14.8. The summed E-state index contributed by atoms with van der Waals surface area (Å²) < 4.78 is 7.71. The van der Waals surface area contributed by atoms with Crippen molar-refractivity contribution >= 4 is 40.6 Å². The van der Waals surface area contributed by atoms with Gasteiger partial charge in [-0.3, -0.25) is 10.1 Å². The number of carbonyl (C=O) groups is 2. The molecule has 1 saturated heterocycles. The van der Waals surface area contributed by atoms with Gasteiger partial charge in [-0.2, -0.15) is 0 Å². The Morgan fingerprint density at radius 2 is 1.88 bits per heavy atom. The first-order valence-electron chi connectivity index (χ1n) is 11.7. The number of hydrogen-bond donors (Lipinski definition) is 1. The van der Waals surface area contributed by atoms with Crippen molar-refractivity contribution in [1.29, 1.82) is 0 Å². The second-order valence-electron chi connectivity index (χ2n) is 9.62. The Morgan fingerprint density at radius 3 is 2.59 bits per heavy atom. The van der Waals surface area contributed by atoms with Crippen LogP contribution in [0.25, 0.3) is 11.0 Å². The van der Waals surface area contributed by atoms with Crippen LogP contribution in [0.2, 0.25) is 0 Å². The predicted molar refractivity (Wildman–Crippen MR) is 134 cm³/mol. The van der Waals surface area contributed by atoms with Gasteiger partial charge in [0.05, 0.1) is 17.1 Å². The minimum absolute atomic E-state index is 0.0875. The highest BCUT2D eigenvalue weighted by molar-refractivity contribution is 6.18. The van der Waals surface area contributed by atoms with E-state index >= 15 is 0 Å². The van der Waals surface area contributed by atoms with Gasteiger partial charge in [0.1, 0.15) is 5.60 Å². The SMILES string of the molecule is CC(C)(C)OC(=O)N1CCCCC(n2c(NC(=O)c3ccccc3)nc3cccc(CCl)c32)C1. The molecule has 1 unspecified atom stereocenters. The first-order chi connectivity index (χ1) is 16.3. The summed E-state index contributed by atoms with van der Waals surface area (Å²) in [6.07, 6.45) is 2.35. The largest absolute Gasteiger partial charge is 0.444 e. The van der Waals surface area contributed by atoms with Crippen LogP contribution in [0.15, 0.2) is 48.5 Å². The van der Waals surface area contributed by atoms with E-state index < -0.39 is 5.60 Å². The molecule has 1 aliphatic heterocycles. The molecule has 2 heterocycles. The molecule has 1 aromatic heterocycles. The number of aromatic nitrogens is 2. The van der Waals surface area contributed by atoms with Crippen LogP contribution in [0.4, 0.5) is 10.7 Å². The molecular weight excluding hydrogens is 452 g/mol. The van der Waals surface area contributed by atoms with Crippen LogP contribution in [0, 0.1) is 0 Å². The second kappa shape index (κ2) is 10.1. The zero-order valence-electron chi connectivity index (χ0n) is 19.9. The summed E-state index contributed by atoms with van der Waals surface area (Å²) in [5.41, 5.74) is 2.56. The van der Waals surface area contributed by atoms with Crippen LogP contribution in [0.5, 0.6) is 0 Å². The van der Waals surface area contributed by atoms with E-state index in [-0.39, 0.29) is 18.0 Å². The number of rotatable bonds is 4. The smallest absolute Gasteiger partial charge is 0.410 e. The van der Waals surface area contributed by atoms with Crippen molar-refractivity contribution in [2.75, 3.05) is 18.4 Å². The van der Waals surface area contributed by atoms with Crippen molar-refractivity contribution in [3.05, 3.63) is 59.7 Å². The minimum atomic E-state index is -0.568. The van der Waals surface area contributed by atoms with Crippen molar-refractivity contribution in [1.82, 2.24) is 14.5 Å². The number of fused-ring (bicyclic) bond motifs is 1. The van der Waals surface area contributed by atoms with Gasteiger partial charge in [0.25, 0.3) is 5.91 Å². The van der Waals surface area contributed by atoms with E-state index in [4.69, 9.17) is 21.3 Å². The molecule has 0 saturated carbocycles. The molecule has 8 heteroatoms. The number of likely N-dealkylation sites (tertiary alicyclic amines) is 1. The van der Waals surface area contributed by atoms with Crippen molar-refractivity contribution < 1.29 is 14.3 Å². The highest BCUT2D eigenvalue weighted by Gasteiger charge is 2.30. The van der Waals surface area contributed by atoms with Crippen LogP contribution in [-0.4, -0.2) is 45.1 Å². The maximum atomic E-state index is 13.0. The Balaban J connectivity index is 1.74. The lowest BCUT2D eigenvalue weighted by molar-refractivity contribution is 0.0238. The number of nitrogens with zero attached hydrogens (tertiary/aromatic N) is 3. The number of hydrogen-bond acceptors (Lipinski definition) is 4. The molecule has 0 aliphatic carbocycles. The molecule has 2 amide bonds. The van der Waals surface area contributed by atoms with Gasteiger partial charge in [-0.25, -0.2) is 9.78 Å². The van der Waals surface area contributed by atoms with Crippen molar-refractivity contribution in [3.63, 3.8) is 0 Å². The number of carbonyl (C=O) groups excluding carboxylic acids is 2. The third-order valence-electron chi connectivity index (χ3n) is 5.86. The Labute approximate surface area is 205 Å². The first-order valence-corrected chi connectivity index (χ1v) is 12.2. The fraction of sp³-hybridized carbons (Fsp3) is 0.423. The molecule has 1 atom stereocenters. The Morgan fingerprint density at radius 1 is 1.12 bits per heavy atom. The quantitative estimate of drug-likeness (QED) is 0.463. The topological polar surface area (TPSA) is 76.5 Å². The maximum absolute atomic E-state index is 13.0. The van der Waals surface area contributed by atoms with Gasteiger partial charge >= 0.3 is 6.09 Å². The molecule has 0 radical (unpaired) electrons. The summed E-state index contributed by atoms with van der Waals surface area (Å²) in [5, 5.41) is 3.00. The molecule has 4 rings (SSSR count). The fourth-order valence-corrected chi connectivity index (χ4v) is 4.57. The minimum Gasteiger partial charge on any atom is -0.444 e. The number of halogens is 1. The molecule has 180 valence electrons. The average Bonchev–Trinajstić information content (AvgIpc) is 2.99. The van der Waals surface area contributed by atoms with E-state index in [0.717, 1.165) is 35.9 Å². The summed E-state index contributed by atoms with van der Waals surface area (Å²) in [7, 11) is 0. The Kier molecular flexibility index (Phi) is 7.12. The zero-order valence-corrected chi connectivity index (χ0v) is 20.6. The molecule has 7 nitrogen and oxygen atoms in total. The molecule has 1 fully saturated rings. The van der Waals surface area contributed by atoms with E-state index in [0.29, 0.717) is 30.5 Å². The van der Waals surface area contributed by atoms with Crippen LogP contribution in [0.1, 0.15) is 62.0 Å². The van der Waals surface area contributed by atoms with Crippen molar-refractivity contribution in [2.45, 2.75) is 57.6 Å². The summed E-state index contributed by atoms with van der Waals surface area (Å²) in [6.45, 7) is 6.70. The van der Waals surface area contributed by atoms with Crippen LogP contribution >= 0.6 is 11.6 Å². The number of imidazole rings is 1. The van der Waals surface area contributed by atoms with Gasteiger partial charge in [-0.1, -0.05) is 30.3 Å².